The molecular weight excluding hydrogens is 610 g/mol. The Labute approximate surface area is 231 Å². The molecule has 0 saturated carbocycles. The van der Waals surface area contributed by atoms with Gasteiger partial charge in [0.2, 0.25) is 5.91 Å². The summed E-state index contributed by atoms with van der Waals surface area (Å²) in [6.45, 7) is 0. The van der Waals surface area contributed by atoms with Crippen molar-refractivity contribution in [2.24, 2.45) is 0 Å². The number of aromatic nitrogens is 1. The molecule has 2 amide bonds. The number of amides is 2. The molecular formula is C26H20FIN4O4S. The minimum atomic E-state index is -0.660. The highest BCUT2D eigenvalue weighted by Crippen LogP contribution is 2.35. The fraction of sp³-hybridized carbons (Fsp3) is 0.0769. The number of nitrogens with zero attached hydrogens (tertiary/aromatic N) is 1. The number of thiocarbonyl (C=S) groups is 1. The van der Waals surface area contributed by atoms with Gasteiger partial charge < -0.3 is 23.8 Å². The molecule has 0 aliphatic heterocycles. The number of carbonyl (C=O) groups is 2. The van der Waals surface area contributed by atoms with Crippen molar-refractivity contribution in [1.29, 1.82) is 0 Å². The van der Waals surface area contributed by atoms with Crippen molar-refractivity contribution in [3.63, 3.8) is 0 Å². The minimum Gasteiger partial charge on any atom is -0.454 e. The Morgan fingerprint density at radius 3 is 2.51 bits per heavy atom. The lowest BCUT2D eigenvalue weighted by molar-refractivity contribution is -0.119. The summed E-state index contributed by atoms with van der Waals surface area (Å²) in [7, 11) is 1.51. The molecule has 0 bridgehead atoms. The van der Waals surface area contributed by atoms with E-state index in [1.807, 2.05) is 30.3 Å². The van der Waals surface area contributed by atoms with E-state index in [1.54, 1.807) is 47.3 Å². The second kappa shape index (κ2) is 11.9. The van der Waals surface area contributed by atoms with E-state index in [2.05, 4.69) is 20.9 Å². The molecule has 0 unspecified atom stereocenters. The van der Waals surface area contributed by atoms with Crippen LogP contribution in [-0.2, 0) is 11.2 Å². The van der Waals surface area contributed by atoms with Gasteiger partial charge >= 0.3 is 0 Å². The second-order valence-corrected chi connectivity index (χ2v) is 8.59. The number of hydrogen-bond acceptors (Lipinski definition) is 6. The molecule has 37 heavy (non-hydrogen) atoms. The predicted octanol–water partition coefficient (Wildman–Crippen LogP) is 5.31. The van der Waals surface area contributed by atoms with Crippen molar-refractivity contribution in [3.8, 4) is 17.2 Å². The van der Waals surface area contributed by atoms with Gasteiger partial charge in [-0.25, -0.2) is 4.39 Å². The zero-order chi connectivity index (χ0) is 26.4. The van der Waals surface area contributed by atoms with Gasteiger partial charge in [0.25, 0.3) is 5.91 Å². The van der Waals surface area contributed by atoms with E-state index >= 15 is 0 Å². The number of ether oxygens (including phenoxy) is 1. The van der Waals surface area contributed by atoms with Crippen molar-refractivity contribution < 1.29 is 21.8 Å². The molecule has 0 atom stereocenters. The first-order chi connectivity index (χ1) is 17.9. The highest BCUT2D eigenvalue weighted by atomic mass is 127. The molecule has 0 fully saturated rings. The third-order valence-electron chi connectivity index (χ3n) is 5.23. The van der Waals surface area contributed by atoms with E-state index in [0.717, 1.165) is 5.56 Å². The maximum absolute atomic E-state index is 14.9. The van der Waals surface area contributed by atoms with Crippen LogP contribution < -0.4 is 23.8 Å². The molecule has 1 aromatic heterocycles. The maximum atomic E-state index is 14.9. The molecule has 0 saturated heterocycles. The van der Waals surface area contributed by atoms with E-state index in [0.29, 0.717) is 28.1 Å². The second-order valence-electron chi connectivity index (χ2n) is 7.74. The number of anilines is 1. The molecule has 188 valence electrons. The van der Waals surface area contributed by atoms with Crippen LogP contribution in [0.15, 0.2) is 72.9 Å². The number of hydrogen-bond donors (Lipinski definition) is 3. The third-order valence-corrected chi connectivity index (χ3v) is 5.91. The summed E-state index contributed by atoms with van der Waals surface area (Å²) in [5.74, 6) is -0.707. The number of benzene rings is 3. The number of rotatable bonds is 7. The summed E-state index contributed by atoms with van der Waals surface area (Å²) >= 11 is 6.87. The lowest BCUT2D eigenvalue weighted by Crippen LogP contribution is -2.35. The summed E-state index contributed by atoms with van der Waals surface area (Å²) in [5.41, 5.74) is 1.97. The highest BCUT2D eigenvalue weighted by molar-refractivity contribution is 14.1. The molecule has 11 heteroatoms. The van der Waals surface area contributed by atoms with Crippen LogP contribution in [-0.4, -0.2) is 29.0 Å². The first-order valence-electron chi connectivity index (χ1n) is 10.9. The van der Waals surface area contributed by atoms with E-state index < -0.39 is 5.82 Å². The summed E-state index contributed by atoms with van der Waals surface area (Å²) in [4.78, 5) is 28.8. The standard InChI is InChI=1S/C26H20FIN4O4S/c1-29-25(34)18-13-17-20(14-23(18)36-28)30-10-9-21(17)35-22-8-7-16(12-19(22)27)31-26(37)32-24(33)11-15-5-3-2-4-6-15/h2-10,12-14H,11H2,1H3,(H,29,34)(H2,31,32,33,37). The number of fused-ring (bicyclic) bond motifs is 1. The monoisotopic (exact) mass is 630 g/mol. The van der Waals surface area contributed by atoms with Gasteiger partial charge in [-0.05, 0) is 42.0 Å². The van der Waals surface area contributed by atoms with Crippen molar-refractivity contribution in [3.05, 3.63) is 89.9 Å². The Morgan fingerprint density at radius 1 is 1.03 bits per heavy atom. The van der Waals surface area contributed by atoms with Crippen LogP contribution >= 0.6 is 35.2 Å². The molecule has 0 radical (unpaired) electrons. The maximum Gasteiger partial charge on any atom is 0.254 e. The zero-order valence-corrected chi connectivity index (χ0v) is 22.4. The molecule has 4 aromatic rings. The lowest BCUT2D eigenvalue weighted by Gasteiger charge is -2.13. The van der Waals surface area contributed by atoms with Gasteiger partial charge in [-0.1, -0.05) is 30.3 Å². The van der Waals surface area contributed by atoms with Gasteiger partial charge in [0.05, 0.1) is 17.5 Å². The molecule has 3 N–H and O–H groups in total. The van der Waals surface area contributed by atoms with Gasteiger partial charge in [0.1, 0.15) is 11.5 Å². The largest absolute Gasteiger partial charge is 0.454 e. The van der Waals surface area contributed by atoms with Crippen LogP contribution in [0.25, 0.3) is 10.9 Å². The van der Waals surface area contributed by atoms with Gasteiger partial charge in [-0.15, -0.1) is 0 Å². The average molecular weight is 630 g/mol. The highest BCUT2D eigenvalue weighted by Gasteiger charge is 2.17. The van der Waals surface area contributed by atoms with Crippen molar-refractivity contribution in [2.45, 2.75) is 6.42 Å². The smallest absolute Gasteiger partial charge is 0.254 e. The van der Waals surface area contributed by atoms with Crippen LogP contribution in [0.5, 0.6) is 17.2 Å². The van der Waals surface area contributed by atoms with Crippen molar-refractivity contribution in [2.75, 3.05) is 12.4 Å². The summed E-state index contributed by atoms with van der Waals surface area (Å²) in [6.07, 6.45) is 1.68. The summed E-state index contributed by atoms with van der Waals surface area (Å²) < 4.78 is 26.0. The van der Waals surface area contributed by atoms with Crippen LogP contribution in [0, 0.1) is 5.82 Å². The fourth-order valence-corrected chi connectivity index (χ4v) is 4.10. The zero-order valence-electron chi connectivity index (χ0n) is 19.4. The van der Waals surface area contributed by atoms with E-state index in [-0.39, 0.29) is 34.7 Å². The van der Waals surface area contributed by atoms with E-state index in [4.69, 9.17) is 20.0 Å². The molecule has 0 aliphatic rings. The third kappa shape index (κ3) is 6.49. The van der Waals surface area contributed by atoms with E-state index in [9.17, 15) is 14.0 Å². The molecule has 4 rings (SSSR count). The quantitative estimate of drug-likeness (QED) is 0.188. The number of halogens is 2. The molecule has 1 heterocycles. The minimum absolute atomic E-state index is 0.0455. The van der Waals surface area contributed by atoms with E-state index in [1.165, 1.54) is 25.4 Å². The number of nitrogens with one attached hydrogen (secondary N) is 3. The van der Waals surface area contributed by atoms with Crippen LogP contribution in [0.4, 0.5) is 10.1 Å². The Balaban J connectivity index is 1.48. The normalized spacial score (nSPS) is 10.5. The molecule has 0 spiro atoms. The molecule has 0 aliphatic carbocycles. The molecule has 8 nitrogen and oxygen atoms in total. The lowest BCUT2D eigenvalue weighted by atomic mass is 10.1. The topological polar surface area (TPSA) is 102 Å². The SMILES string of the molecule is CNC(=O)c1cc2c(Oc3ccc(NC(=S)NC(=O)Cc4ccccc4)cc3F)ccnc2cc1OI. The Hall–Kier alpha value is -3.84. The number of carbonyl (C=O) groups excluding carboxylic acids is 2. The first kappa shape index (κ1) is 26.2. The van der Waals surface area contributed by atoms with Crippen LogP contribution in [0.2, 0.25) is 0 Å². The first-order valence-corrected chi connectivity index (χ1v) is 12.2. The van der Waals surface area contributed by atoms with Crippen molar-refractivity contribution >= 4 is 68.7 Å². The van der Waals surface area contributed by atoms with Gasteiger partial charge in [-0.2, -0.15) is 0 Å². The van der Waals surface area contributed by atoms with Crippen molar-refractivity contribution in [1.82, 2.24) is 15.6 Å². The van der Waals surface area contributed by atoms with Gasteiger partial charge in [-0.3, -0.25) is 14.6 Å². The van der Waals surface area contributed by atoms with Crippen LogP contribution in [0.1, 0.15) is 15.9 Å². The van der Waals surface area contributed by atoms with Gasteiger partial charge in [0.15, 0.2) is 39.7 Å². The Morgan fingerprint density at radius 2 is 1.81 bits per heavy atom. The summed E-state index contributed by atoms with van der Waals surface area (Å²) in [5, 5.41) is 8.48. The van der Waals surface area contributed by atoms with Gasteiger partial charge in [0, 0.05) is 36.5 Å². The molecule has 3 aromatic carbocycles. The van der Waals surface area contributed by atoms with Crippen LogP contribution in [0.3, 0.4) is 0 Å². The Kier molecular flexibility index (Phi) is 8.46. The number of pyridine rings is 1. The fourth-order valence-electron chi connectivity index (χ4n) is 3.51. The predicted molar refractivity (Wildman–Crippen MR) is 151 cm³/mol. The average Bonchev–Trinajstić information content (AvgIpc) is 2.89. The Bertz CT molecular complexity index is 1490. The summed E-state index contributed by atoms with van der Waals surface area (Å²) in [6, 6.07) is 18.2.